The summed E-state index contributed by atoms with van der Waals surface area (Å²) in [6, 6.07) is 14.4. The molecule has 0 radical (unpaired) electrons. The number of nitrogens with one attached hydrogen (secondary N) is 1. The first-order chi connectivity index (χ1) is 13.5. The summed E-state index contributed by atoms with van der Waals surface area (Å²) in [6.45, 7) is 8.08. The molecule has 1 saturated carbocycles. The number of benzene rings is 2. The highest BCUT2D eigenvalue weighted by Crippen LogP contribution is 2.42. The Hall–Kier alpha value is -2.55. The van der Waals surface area contributed by atoms with Crippen molar-refractivity contribution < 1.29 is 9.90 Å². The van der Waals surface area contributed by atoms with Crippen molar-refractivity contribution in [2.24, 2.45) is 0 Å². The molecular weight excluding hydrogens is 346 g/mol. The Morgan fingerprint density at radius 2 is 1.46 bits per heavy atom. The fourth-order valence-electron chi connectivity index (χ4n) is 4.47. The van der Waals surface area contributed by atoms with Gasteiger partial charge in [0.15, 0.2) is 0 Å². The summed E-state index contributed by atoms with van der Waals surface area (Å²) in [4.78, 5) is 12.7. The smallest absolute Gasteiger partial charge is 0.256 e. The molecule has 0 aromatic heterocycles. The van der Waals surface area contributed by atoms with Crippen molar-refractivity contribution in [1.29, 1.82) is 0 Å². The third kappa shape index (κ3) is 3.46. The molecule has 2 aromatic carbocycles. The molecule has 3 nitrogen and oxygen atoms in total. The summed E-state index contributed by atoms with van der Waals surface area (Å²) in [5.74, 6) is 0.108. The molecule has 1 aliphatic carbocycles. The minimum absolute atomic E-state index is 0.139. The van der Waals surface area contributed by atoms with E-state index < -0.39 is 5.54 Å². The van der Waals surface area contributed by atoms with Gasteiger partial charge in [-0.3, -0.25) is 4.79 Å². The highest BCUT2D eigenvalue weighted by Gasteiger charge is 2.46. The number of rotatable bonds is 2. The van der Waals surface area contributed by atoms with Gasteiger partial charge < -0.3 is 10.4 Å². The number of aliphatic hydroxyl groups excluding tert-OH is 1. The van der Waals surface area contributed by atoms with Gasteiger partial charge in [0.05, 0.1) is 11.1 Å². The van der Waals surface area contributed by atoms with Crippen LogP contribution in [0.1, 0.15) is 62.6 Å². The van der Waals surface area contributed by atoms with Gasteiger partial charge in [0.2, 0.25) is 0 Å². The maximum Gasteiger partial charge on any atom is 0.256 e. The predicted molar refractivity (Wildman–Crippen MR) is 116 cm³/mol. The molecule has 2 aliphatic rings. The van der Waals surface area contributed by atoms with Crippen LogP contribution in [0.15, 0.2) is 48.2 Å². The van der Waals surface area contributed by atoms with Crippen molar-refractivity contribution >= 4 is 11.5 Å². The fraction of sp³-hybridized carbons (Fsp3) is 0.400. The first kappa shape index (κ1) is 20.2. The monoisotopic (exact) mass is 377 g/mol. The van der Waals surface area contributed by atoms with Crippen LogP contribution in [0, 0.1) is 13.8 Å². The largest absolute Gasteiger partial charge is 0.509 e. The second-order valence-corrected chi connectivity index (χ2v) is 7.67. The minimum Gasteiger partial charge on any atom is -0.509 e. The number of aryl methyl sites for hydroxylation is 2. The van der Waals surface area contributed by atoms with Crippen LogP contribution >= 0.6 is 0 Å². The van der Waals surface area contributed by atoms with Gasteiger partial charge in [0.1, 0.15) is 5.76 Å². The van der Waals surface area contributed by atoms with Crippen LogP contribution in [-0.4, -0.2) is 16.6 Å². The molecule has 0 unspecified atom stereocenters. The van der Waals surface area contributed by atoms with Crippen LogP contribution < -0.4 is 5.32 Å². The van der Waals surface area contributed by atoms with Gasteiger partial charge in [-0.1, -0.05) is 75.6 Å². The summed E-state index contributed by atoms with van der Waals surface area (Å²) in [5.41, 5.74) is 5.22. The predicted octanol–water partition coefficient (Wildman–Crippen LogP) is 6.10. The standard InChI is InChI=1S/C23H25NO2.C2H6/c1-15-14-19(16(2)13-18(15)17-9-5-3-6-10-17)20-21(25)23(24-22(20)26)11-7-4-8-12-23;1-2/h3,5-6,9-10,13-14,25H,4,7-8,11-12H2,1-2H3,(H,24,26);1-2H3. The second kappa shape index (κ2) is 8.22. The number of carbonyl (C=O) groups excluding carboxylic acids is 1. The number of aliphatic hydroxyl groups is 1. The average Bonchev–Trinajstić information content (AvgIpc) is 2.95. The summed E-state index contributed by atoms with van der Waals surface area (Å²) in [7, 11) is 0. The topological polar surface area (TPSA) is 49.3 Å². The van der Waals surface area contributed by atoms with E-state index in [0.717, 1.165) is 53.5 Å². The van der Waals surface area contributed by atoms with Crippen LogP contribution in [0.2, 0.25) is 0 Å². The van der Waals surface area contributed by atoms with Crippen molar-refractivity contribution in [3.8, 4) is 11.1 Å². The third-order valence-electron chi connectivity index (χ3n) is 5.90. The quantitative estimate of drug-likeness (QED) is 0.664. The van der Waals surface area contributed by atoms with E-state index >= 15 is 0 Å². The fourth-order valence-corrected chi connectivity index (χ4v) is 4.47. The van der Waals surface area contributed by atoms with E-state index in [9.17, 15) is 9.90 Å². The molecule has 0 saturated heterocycles. The lowest BCUT2D eigenvalue weighted by atomic mass is 9.80. The maximum atomic E-state index is 12.7. The molecular formula is C25H31NO2. The van der Waals surface area contributed by atoms with Crippen LogP contribution in [0.5, 0.6) is 0 Å². The van der Waals surface area contributed by atoms with Gasteiger partial charge in [-0.25, -0.2) is 0 Å². The molecule has 1 amide bonds. The Morgan fingerprint density at radius 1 is 0.893 bits per heavy atom. The van der Waals surface area contributed by atoms with Gasteiger partial charge >= 0.3 is 0 Å². The van der Waals surface area contributed by atoms with E-state index in [2.05, 4.69) is 30.4 Å². The van der Waals surface area contributed by atoms with Crippen molar-refractivity contribution in [2.45, 2.75) is 65.3 Å². The summed E-state index contributed by atoms with van der Waals surface area (Å²) in [5, 5.41) is 14.1. The van der Waals surface area contributed by atoms with Gasteiger partial charge in [0.25, 0.3) is 5.91 Å². The van der Waals surface area contributed by atoms with E-state index in [1.807, 2.05) is 45.0 Å². The minimum atomic E-state index is -0.539. The lowest BCUT2D eigenvalue weighted by molar-refractivity contribution is -0.116. The van der Waals surface area contributed by atoms with E-state index in [4.69, 9.17) is 0 Å². The first-order valence-electron chi connectivity index (χ1n) is 10.5. The summed E-state index contributed by atoms with van der Waals surface area (Å²) >= 11 is 0. The Balaban J connectivity index is 0.00000109. The molecule has 1 fully saturated rings. The highest BCUT2D eigenvalue weighted by atomic mass is 16.3. The van der Waals surface area contributed by atoms with Gasteiger partial charge in [0, 0.05) is 0 Å². The van der Waals surface area contributed by atoms with Crippen molar-refractivity contribution in [2.75, 3.05) is 0 Å². The Kier molecular flexibility index (Phi) is 5.93. The zero-order chi connectivity index (χ0) is 20.3. The van der Waals surface area contributed by atoms with E-state index in [0.29, 0.717) is 5.57 Å². The van der Waals surface area contributed by atoms with Crippen molar-refractivity contribution in [3.05, 3.63) is 64.9 Å². The molecule has 0 atom stereocenters. The maximum absolute atomic E-state index is 12.7. The zero-order valence-electron chi connectivity index (χ0n) is 17.4. The molecule has 3 heteroatoms. The number of hydrogen-bond acceptors (Lipinski definition) is 2. The van der Waals surface area contributed by atoms with Crippen LogP contribution in [0.25, 0.3) is 16.7 Å². The molecule has 148 valence electrons. The highest BCUT2D eigenvalue weighted by molar-refractivity contribution is 6.23. The SMILES string of the molecule is CC.Cc1cc(-c2ccccc2)c(C)cc1C1=C(O)C2(CCCCC2)NC1=O. The number of amides is 1. The van der Waals surface area contributed by atoms with E-state index in [1.54, 1.807) is 0 Å². The van der Waals surface area contributed by atoms with Crippen LogP contribution in [0.3, 0.4) is 0 Å². The van der Waals surface area contributed by atoms with Gasteiger partial charge in [-0.2, -0.15) is 0 Å². The lowest BCUT2D eigenvalue weighted by Crippen LogP contribution is -2.46. The molecule has 1 spiro atoms. The third-order valence-corrected chi connectivity index (χ3v) is 5.90. The second-order valence-electron chi connectivity index (χ2n) is 7.67. The van der Waals surface area contributed by atoms with Crippen LogP contribution in [0.4, 0.5) is 0 Å². The first-order valence-corrected chi connectivity index (χ1v) is 10.5. The van der Waals surface area contributed by atoms with Gasteiger partial charge in [-0.05, 0) is 54.5 Å². The lowest BCUT2D eigenvalue weighted by Gasteiger charge is -2.33. The zero-order valence-corrected chi connectivity index (χ0v) is 17.4. The normalized spacial score (nSPS) is 17.9. The summed E-state index contributed by atoms with van der Waals surface area (Å²) < 4.78 is 0. The average molecular weight is 378 g/mol. The Morgan fingerprint density at radius 3 is 2.11 bits per heavy atom. The van der Waals surface area contributed by atoms with Gasteiger partial charge in [-0.15, -0.1) is 0 Å². The van der Waals surface area contributed by atoms with Crippen LogP contribution in [-0.2, 0) is 4.79 Å². The molecule has 1 heterocycles. The Bertz CT molecular complexity index is 890. The molecule has 4 rings (SSSR count). The molecule has 0 bridgehead atoms. The molecule has 2 N–H and O–H groups in total. The molecule has 2 aromatic rings. The summed E-state index contributed by atoms with van der Waals surface area (Å²) in [6.07, 6.45) is 4.91. The van der Waals surface area contributed by atoms with Crippen molar-refractivity contribution in [1.82, 2.24) is 5.32 Å². The molecule has 1 aliphatic heterocycles. The number of carbonyl (C=O) groups is 1. The van der Waals surface area contributed by atoms with E-state index in [-0.39, 0.29) is 11.7 Å². The number of hydrogen-bond donors (Lipinski definition) is 2. The Labute approximate surface area is 168 Å². The van der Waals surface area contributed by atoms with Crippen molar-refractivity contribution in [3.63, 3.8) is 0 Å². The molecule has 28 heavy (non-hydrogen) atoms. The van der Waals surface area contributed by atoms with E-state index in [1.165, 1.54) is 6.42 Å².